The van der Waals surface area contributed by atoms with Crippen LogP contribution < -0.4 is 0 Å². The molecular formula is C9H15NO2S. The average Bonchev–Trinajstić information content (AvgIpc) is 2.59. The van der Waals surface area contributed by atoms with Gasteiger partial charge in [-0.25, -0.2) is 0 Å². The highest BCUT2D eigenvalue weighted by Gasteiger charge is 2.12. The molecule has 0 spiro atoms. The van der Waals surface area contributed by atoms with E-state index in [9.17, 15) is 0 Å². The first-order valence-electron chi connectivity index (χ1n) is 4.22. The largest absolute Gasteiger partial charge is 0.395 e. The molecule has 0 bridgehead atoms. The van der Waals surface area contributed by atoms with Crippen LogP contribution in [0.3, 0.4) is 0 Å². The Morgan fingerprint density at radius 3 is 2.62 bits per heavy atom. The van der Waals surface area contributed by atoms with Crippen LogP contribution in [-0.4, -0.2) is 41.4 Å². The first kappa shape index (κ1) is 10.7. The summed E-state index contributed by atoms with van der Waals surface area (Å²) in [7, 11) is 1.90. The number of aliphatic hydroxyl groups is 2. The molecule has 0 fully saturated rings. The van der Waals surface area contributed by atoms with E-state index in [1.54, 1.807) is 11.3 Å². The molecule has 1 aromatic heterocycles. The number of likely N-dealkylation sites (N-methyl/N-ethyl adjacent to an activating group) is 1. The van der Waals surface area contributed by atoms with E-state index >= 15 is 0 Å². The van der Waals surface area contributed by atoms with Gasteiger partial charge in [0.1, 0.15) is 0 Å². The predicted octanol–water partition coefficient (Wildman–Crippen LogP) is 0.533. The Morgan fingerprint density at radius 2 is 2.15 bits per heavy atom. The molecular weight excluding hydrogens is 186 g/mol. The Labute approximate surface area is 82.2 Å². The minimum atomic E-state index is -0.151. The van der Waals surface area contributed by atoms with Gasteiger partial charge in [0.2, 0.25) is 0 Å². The van der Waals surface area contributed by atoms with Crippen molar-refractivity contribution >= 4 is 11.3 Å². The number of hydrogen-bond acceptors (Lipinski definition) is 4. The number of nitrogens with zero attached hydrogens (tertiary/aromatic N) is 1. The maximum absolute atomic E-state index is 8.93. The van der Waals surface area contributed by atoms with Gasteiger partial charge >= 0.3 is 0 Å². The summed E-state index contributed by atoms with van der Waals surface area (Å²) < 4.78 is 0. The summed E-state index contributed by atoms with van der Waals surface area (Å²) in [5.74, 6) is 0. The van der Waals surface area contributed by atoms with Gasteiger partial charge < -0.3 is 10.2 Å². The van der Waals surface area contributed by atoms with Crippen molar-refractivity contribution in [2.45, 2.75) is 12.6 Å². The molecule has 0 saturated carbocycles. The zero-order chi connectivity index (χ0) is 9.68. The van der Waals surface area contributed by atoms with Crippen molar-refractivity contribution < 1.29 is 10.2 Å². The number of hydrogen-bond donors (Lipinski definition) is 2. The van der Waals surface area contributed by atoms with Crippen LogP contribution in [0.1, 0.15) is 4.88 Å². The van der Waals surface area contributed by atoms with Crippen molar-refractivity contribution in [2.24, 2.45) is 0 Å². The van der Waals surface area contributed by atoms with E-state index in [1.807, 2.05) is 29.5 Å². The maximum atomic E-state index is 8.93. The Morgan fingerprint density at radius 1 is 1.46 bits per heavy atom. The second-order valence-electron chi connectivity index (χ2n) is 3.01. The quantitative estimate of drug-likeness (QED) is 0.730. The number of rotatable bonds is 5. The van der Waals surface area contributed by atoms with Gasteiger partial charge in [0.05, 0.1) is 19.3 Å². The Bertz CT molecular complexity index is 222. The molecule has 0 saturated heterocycles. The summed E-state index contributed by atoms with van der Waals surface area (Å²) >= 11 is 1.68. The molecule has 3 nitrogen and oxygen atoms in total. The van der Waals surface area contributed by atoms with Crippen LogP contribution >= 0.6 is 11.3 Å². The lowest BCUT2D eigenvalue weighted by Gasteiger charge is -2.23. The predicted molar refractivity (Wildman–Crippen MR) is 53.7 cm³/mol. The van der Waals surface area contributed by atoms with Crippen molar-refractivity contribution in [1.82, 2.24) is 4.90 Å². The van der Waals surface area contributed by atoms with Crippen molar-refractivity contribution in [2.75, 3.05) is 20.3 Å². The molecule has 1 rings (SSSR count). The van der Waals surface area contributed by atoms with Crippen molar-refractivity contribution in [3.05, 3.63) is 22.4 Å². The van der Waals surface area contributed by atoms with Gasteiger partial charge in [0.25, 0.3) is 0 Å². The van der Waals surface area contributed by atoms with Crippen molar-refractivity contribution in [1.29, 1.82) is 0 Å². The molecule has 13 heavy (non-hydrogen) atoms. The molecule has 4 heteroatoms. The molecule has 1 heterocycles. The third-order valence-corrected chi connectivity index (χ3v) is 2.89. The topological polar surface area (TPSA) is 43.7 Å². The molecule has 0 aliphatic heterocycles. The fraction of sp³-hybridized carbons (Fsp3) is 0.556. The molecule has 0 radical (unpaired) electrons. The van der Waals surface area contributed by atoms with Crippen LogP contribution in [0.15, 0.2) is 17.5 Å². The van der Waals surface area contributed by atoms with E-state index in [0.29, 0.717) is 0 Å². The fourth-order valence-electron chi connectivity index (χ4n) is 1.11. The van der Waals surface area contributed by atoms with Gasteiger partial charge in [0, 0.05) is 11.4 Å². The highest BCUT2D eigenvalue weighted by atomic mass is 32.1. The number of thiophene rings is 1. The second-order valence-corrected chi connectivity index (χ2v) is 4.05. The molecule has 0 aromatic carbocycles. The first-order valence-corrected chi connectivity index (χ1v) is 5.10. The summed E-state index contributed by atoms with van der Waals surface area (Å²) in [5.41, 5.74) is 0. The summed E-state index contributed by atoms with van der Waals surface area (Å²) in [6, 6.07) is 3.90. The van der Waals surface area contributed by atoms with E-state index in [0.717, 1.165) is 6.54 Å². The lowest BCUT2D eigenvalue weighted by molar-refractivity contribution is 0.0880. The smallest absolute Gasteiger partial charge is 0.0609 e. The van der Waals surface area contributed by atoms with Crippen molar-refractivity contribution in [3.8, 4) is 0 Å². The lowest BCUT2D eigenvalue weighted by atomic mass is 10.3. The van der Waals surface area contributed by atoms with E-state index in [-0.39, 0.29) is 19.3 Å². The molecule has 74 valence electrons. The molecule has 2 N–H and O–H groups in total. The van der Waals surface area contributed by atoms with Crippen LogP contribution in [0, 0.1) is 0 Å². The van der Waals surface area contributed by atoms with Crippen LogP contribution in [0.5, 0.6) is 0 Å². The maximum Gasteiger partial charge on any atom is 0.0609 e. The molecule has 0 aliphatic carbocycles. The Balaban J connectivity index is 2.44. The van der Waals surface area contributed by atoms with Gasteiger partial charge in [-0.15, -0.1) is 11.3 Å². The highest BCUT2D eigenvalue weighted by molar-refractivity contribution is 7.09. The van der Waals surface area contributed by atoms with Gasteiger partial charge in [-0.2, -0.15) is 0 Å². The van der Waals surface area contributed by atoms with E-state index in [1.165, 1.54) is 4.88 Å². The SMILES string of the molecule is CN(Cc1cccs1)C(CO)CO. The minimum absolute atomic E-state index is 0.00161. The second kappa shape index (κ2) is 5.34. The fourth-order valence-corrected chi connectivity index (χ4v) is 1.88. The summed E-state index contributed by atoms with van der Waals surface area (Å²) in [4.78, 5) is 3.20. The lowest BCUT2D eigenvalue weighted by Crippen LogP contribution is -2.36. The number of aliphatic hydroxyl groups excluding tert-OH is 2. The molecule has 0 aliphatic rings. The van der Waals surface area contributed by atoms with Gasteiger partial charge in [0.15, 0.2) is 0 Å². The average molecular weight is 201 g/mol. The van der Waals surface area contributed by atoms with Crippen LogP contribution in [0.25, 0.3) is 0 Å². The zero-order valence-electron chi connectivity index (χ0n) is 7.68. The van der Waals surface area contributed by atoms with Crippen LogP contribution in [0.4, 0.5) is 0 Å². The van der Waals surface area contributed by atoms with Crippen molar-refractivity contribution in [3.63, 3.8) is 0 Å². The summed E-state index contributed by atoms with van der Waals surface area (Å²) in [5, 5.41) is 19.9. The minimum Gasteiger partial charge on any atom is -0.395 e. The van der Waals surface area contributed by atoms with E-state index in [2.05, 4.69) is 0 Å². The van der Waals surface area contributed by atoms with E-state index < -0.39 is 0 Å². The normalized spacial score (nSPS) is 11.5. The monoisotopic (exact) mass is 201 g/mol. The molecule has 0 amide bonds. The summed E-state index contributed by atoms with van der Waals surface area (Å²) in [6.45, 7) is 0.778. The zero-order valence-corrected chi connectivity index (χ0v) is 8.50. The Hall–Kier alpha value is -0.420. The molecule has 1 aromatic rings. The van der Waals surface area contributed by atoms with Crippen LogP contribution in [0.2, 0.25) is 0 Å². The Kier molecular flexibility index (Phi) is 4.38. The summed E-state index contributed by atoms with van der Waals surface area (Å²) in [6.07, 6.45) is 0. The third-order valence-electron chi connectivity index (χ3n) is 2.03. The third kappa shape index (κ3) is 3.08. The van der Waals surface area contributed by atoms with Gasteiger partial charge in [-0.3, -0.25) is 4.90 Å². The first-order chi connectivity index (χ1) is 6.27. The van der Waals surface area contributed by atoms with E-state index in [4.69, 9.17) is 10.2 Å². The van der Waals surface area contributed by atoms with Gasteiger partial charge in [-0.1, -0.05) is 6.07 Å². The standard InChI is InChI=1S/C9H15NO2S/c1-10(8(6-11)7-12)5-9-3-2-4-13-9/h2-4,8,11-12H,5-7H2,1H3. The van der Waals surface area contributed by atoms with Gasteiger partial charge in [-0.05, 0) is 18.5 Å². The molecule has 0 atom stereocenters. The van der Waals surface area contributed by atoms with Crippen LogP contribution in [-0.2, 0) is 6.54 Å². The highest BCUT2D eigenvalue weighted by Crippen LogP contribution is 2.12. The molecule has 0 unspecified atom stereocenters.